The maximum atomic E-state index is 11.1. The number of nitrogens with zero attached hydrogens (tertiary/aromatic N) is 1. The highest BCUT2D eigenvalue weighted by atomic mass is 16.4. The molecule has 1 aliphatic heterocycles. The average molecular weight is 328 g/mol. The van der Waals surface area contributed by atoms with E-state index < -0.39 is 5.97 Å². The SMILES string of the molecule is O=C(O)C1CCN(CC2(CN[C@H]3CC3c3ccccc3)CC2)CC1. The van der Waals surface area contributed by atoms with Crippen LogP contribution in [-0.4, -0.2) is 48.2 Å². The number of rotatable bonds is 7. The summed E-state index contributed by atoms with van der Waals surface area (Å²) in [6.07, 6.45) is 5.54. The molecular weight excluding hydrogens is 300 g/mol. The molecule has 3 fully saturated rings. The molecule has 1 unspecified atom stereocenters. The summed E-state index contributed by atoms with van der Waals surface area (Å²) < 4.78 is 0. The highest BCUT2D eigenvalue weighted by Gasteiger charge is 2.46. The van der Waals surface area contributed by atoms with Crippen molar-refractivity contribution in [2.75, 3.05) is 26.2 Å². The van der Waals surface area contributed by atoms with Crippen LogP contribution in [0.5, 0.6) is 0 Å². The highest BCUT2D eigenvalue weighted by molar-refractivity contribution is 5.70. The third-order valence-electron chi connectivity index (χ3n) is 6.21. The standard InChI is InChI=1S/C20H28N2O2/c23-19(24)16-6-10-22(11-7-16)14-20(8-9-20)13-21-18-12-17(18)15-4-2-1-3-5-15/h1-5,16-18,21H,6-14H2,(H,23,24)/t17?,18-/m0/s1. The van der Waals surface area contributed by atoms with Gasteiger partial charge < -0.3 is 15.3 Å². The summed E-state index contributed by atoms with van der Waals surface area (Å²) in [5.41, 5.74) is 1.93. The Labute approximate surface area is 144 Å². The second kappa shape index (κ2) is 6.49. The minimum atomic E-state index is -0.613. The summed E-state index contributed by atoms with van der Waals surface area (Å²) >= 11 is 0. The van der Waals surface area contributed by atoms with Crippen LogP contribution in [0.4, 0.5) is 0 Å². The van der Waals surface area contributed by atoms with Crippen LogP contribution in [-0.2, 0) is 4.79 Å². The van der Waals surface area contributed by atoms with Crippen LogP contribution in [0, 0.1) is 11.3 Å². The van der Waals surface area contributed by atoms with Crippen molar-refractivity contribution in [1.82, 2.24) is 10.2 Å². The molecule has 1 heterocycles. The fourth-order valence-corrected chi connectivity index (χ4v) is 4.22. The van der Waals surface area contributed by atoms with E-state index in [0.29, 0.717) is 17.4 Å². The first-order valence-electron chi connectivity index (χ1n) is 9.39. The Morgan fingerprint density at radius 1 is 1.21 bits per heavy atom. The van der Waals surface area contributed by atoms with E-state index in [9.17, 15) is 4.79 Å². The Balaban J connectivity index is 1.21. The first kappa shape index (κ1) is 16.1. The van der Waals surface area contributed by atoms with Crippen LogP contribution in [0.15, 0.2) is 30.3 Å². The van der Waals surface area contributed by atoms with E-state index in [0.717, 1.165) is 39.0 Å². The van der Waals surface area contributed by atoms with E-state index in [1.54, 1.807) is 0 Å². The van der Waals surface area contributed by atoms with Gasteiger partial charge in [-0.05, 0) is 56.2 Å². The van der Waals surface area contributed by atoms with E-state index in [4.69, 9.17) is 5.11 Å². The minimum absolute atomic E-state index is 0.118. The van der Waals surface area contributed by atoms with Crippen molar-refractivity contribution in [2.45, 2.75) is 44.1 Å². The highest BCUT2D eigenvalue weighted by Crippen LogP contribution is 2.48. The summed E-state index contributed by atoms with van der Waals surface area (Å²) in [5, 5.41) is 12.9. The molecule has 2 aliphatic carbocycles. The number of carbonyl (C=O) groups is 1. The predicted molar refractivity (Wildman–Crippen MR) is 94.1 cm³/mol. The van der Waals surface area contributed by atoms with Gasteiger partial charge in [-0.3, -0.25) is 4.79 Å². The topological polar surface area (TPSA) is 52.6 Å². The third kappa shape index (κ3) is 3.65. The third-order valence-corrected chi connectivity index (χ3v) is 6.21. The molecule has 24 heavy (non-hydrogen) atoms. The fraction of sp³-hybridized carbons (Fsp3) is 0.650. The molecule has 2 saturated carbocycles. The number of hydrogen-bond acceptors (Lipinski definition) is 3. The molecule has 4 heteroatoms. The Morgan fingerprint density at radius 2 is 1.92 bits per heavy atom. The van der Waals surface area contributed by atoms with Crippen LogP contribution in [0.2, 0.25) is 0 Å². The molecule has 0 aromatic heterocycles. The average Bonchev–Trinajstić information content (AvgIpc) is 3.51. The van der Waals surface area contributed by atoms with Gasteiger partial charge in [-0.1, -0.05) is 30.3 Å². The molecule has 0 bridgehead atoms. The number of piperidine rings is 1. The van der Waals surface area contributed by atoms with Crippen molar-refractivity contribution < 1.29 is 9.90 Å². The van der Waals surface area contributed by atoms with Crippen LogP contribution >= 0.6 is 0 Å². The molecule has 1 aromatic carbocycles. The van der Waals surface area contributed by atoms with Crippen LogP contribution in [0.3, 0.4) is 0 Å². The largest absolute Gasteiger partial charge is 0.481 e. The van der Waals surface area contributed by atoms with Gasteiger partial charge in [-0.2, -0.15) is 0 Å². The molecule has 0 radical (unpaired) electrons. The molecule has 4 nitrogen and oxygen atoms in total. The number of carboxylic acid groups (broad SMARTS) is 1. The van der Waals surface area contributed by atoms with E-state index in [2.05, 4.69) is 40.5 Å². The summed E-state index contributed by atoms with van der Waals surface area (Å²) in [6.45, 7) is 4.18. The monoisotopic (exact) mass is 328 g/mol. The molecule has 2 N–H and O–H groups in total. The maximum Gasteiger partial charge on any atom is 0.306 e. The van der Waals surface area contributed by atoms with Gasteiger partial charge in [0.05, 0.1) is 5.92 Å². The van der Waals surface area contributed by atoms with Crippen molar-refractivity contribution in [3.63, 3.8) is 0 Å². The lowest BCUT2D eigenvalue weighted by Crippen LogP contribution is -2.42. The summed E-state index contributed by atoms with van der Waals surface area (Å²) in [5.74, 6) is -0.0286. The van der Waals surface area contributed by atoms with Gasteiger partial charge in [0.2, 0.25) is 0 Å². The normalized spacial score (nSPS) is 29.3. The van der Waals surface area contributed by atoms with E-state index in [-0.39, 0.29) is 5.92 Å². The summed E-state index contributed by atoms with van der Waals surface area (Å²) in [7, 11) is 0. The van der Waals surface area contributed by atoms with Crippen molar-refractivity contribution in [2.24, 2.45) is 11.3 Å². The fourth-order valence-electron chi connectivity index (χ4n) is 4.22. The van der Waals surface area contributed by atoms with Crippen LogP contribution < -0.4 is 5.32 Å². The minimum Gasteiger partial charge on any atom is -0.481 e. The number of carboxylic acids is 1. The number of nitrogens with one attached hydrogen (secondary N) is 1. The molecule has 4 rings (SSSR count). The lowest BCUT2D eigenvalue weighted by Gasteiger charge is -2.33. The Kier molecular flexibility index (Phi) is 4.35. The molecule has 0 spiro atoms. The molecule has 0 amide bonds. The molecule has 1 aromatic rings. The molecular formula is C20H28N2O2. The van der Waals surface area contributed by atoms with Crippen molar-refractivity contribution in [1.29, 1.82) is 0 Å². The van der Waals surface area contributed by atoms with Gasteiger partial charge in [0.15, 0.2) is 0 Å². The predicted octanol–water partition coefficient (Wildman–Crippen LogP) is 2.71. The van der Waals surface area contributed by atoms with Crippen molar-refractivity contribution >= 4 is 5.97 Å². The van der Waals surface area contributed by atoms with Gasteiger partial charge >= 0.3 is 5.97 Å². The Bertz CT molecular complexity index is 577. The van der Waals surface area contributed by atoms with Gasteiger partial charge in [0.25, 0.3) is 0 Å². The van der Waals surface area contributed by atoms with Crippen molar-refractivity contribution in [3.05, 3.63) is 35.9 Å². The first-order chi connectivity index (χ1) is 11.7. The zero-order valence-electron chi connectivity index (χ0n) is 14.3. The lowest BCUT2D eigenvalue weighted by molar-refractivity contribution is -0.143. The van der Waals surface area contributed by atoms with Crippen LogP contribution in [0.25, 0.3) is 0 Å². The number of benzene rings is 1. The smallest absolute Gasteiger partial charge is 0.306 e. The molecule has 1 saturated heterocycles. The Morgan fingerprint density at radius 3 is 2.54 bits per heavy atom. The van der Waals surface area contributed by atoms with E-state index in [1.165, 1.54) is 24.8 Å². The van der Waals surface area contributed by atoms with Crippen LogP contribution in [0.1, 0.15) is 43.6 Å². The van der Waals surface area contributed by atoms with Gasteiger partial charge in [-0.15, -0.1) is 0 Å². The zero-order valence-corrected chi connectivity index (χ0v) is 14.3. The quantitative estimate of drug-likeness (QED) is 0.808. The molecule has 130 valence electrons. The van der Waals surface area contributed by atoms with Gasteiger partial charge in [-0.25, -0.2) is 0 Å². The number of likely N-dealkylation sites (tertiary alicyclic amines) is 1. The van der Waals surface area contributed by atoms with Gasteiger partial charge in [0.1, 0.15) is 0 Å². The zero-order chi connectivity index (χ0) is 16.6. The van der Waals surface area contributed by atoms with Crippen molar-refractivity contribution in [3.8, 4) is 0 Å². The summed E-state index contributed by atoms with van der Waals surface area (Å²) in [4.78, 5) is 13.6. The second-order valence-corrected chi connectivity index (χ2v) is 8.13. The van der Waals surface area contributed by atoms with E-state index in [1.807, 2.05) is 0 Å². The second-order valence-electron chi connectivity index (χ2n) is 8.13. The lowest BCUT2D eigenvalue weighted by atomic mass is 9.95. The summed E-state index contributed by atoms with van der Waals surface area (Å²) in [6, 6.07) is 11.5. The van der Waals surface area contributed by atoms with E-state index >= 15 is 0 Å². The Hall–Kier alpha value is -1.39. The molecule has 3 aliphatic rings. The maximum absolute atomic E-state index is 11.1. The van der Waals surface area contributed by atoms with Gasteiger partial charge in [0, 0.05) is 25.0 Å². The number of aliphatic carboxylic acids is 1. The number of hydrogen-bond donors (Lipinski definition) is 2. The molecule has 2 atom stereocenters. The first-order valence-corrected chi connectivity index (χ1v) is 9.39.